The lowest BCUT2D eigenvalue weighted by Crippen LogP contribution is -2.24. The van der Waals surface area contributed by atoms with E-state index in [0.29, 0.717) is 17.2 Å². The summed E-state index contributed by atoms with van der Waals surface area (Å²) in [6, 6.07) is 5.99. The van der Waals surface area contributed by atoms with Gasteiger partial charge in [0, 0.05) is 32.3 Å². The summed E-state index contributed by atoms with van der Waals surface area (Å²) in [5.41, 5.74) is 2.50. The number of nitrogens with one attached hydrogen (secondary N) is 2. The number of hydrogen-bond acceptors (Lipinski definition) is 8. The standard InChI is InChI=1S/C19H12N4O2S3/c1-9-14(18(25)23-17(9)24)20-16-13-11(12-3-2-5-27-12)8-28-19(13)22-15(21-16)10-4-6-26-7-10/h2-8H,1H3,(H2,20,21,22,23,24,25). The summed E-state index contributed by atoms with van der Waals surface area (Å²) < 4.78 is 0. The molecule has 2 N–H and O–H groups in total. The molecule has 0 spiro atoms. The number of fused-ring (bicyclic) bond motifs is 1. The highest BCUT2D eigenvalue weighted by atomic mass is 32.1. The van der Waals surface area contributed by atoms with Crippen LogP contribution in [0.2, 0.25) is 0 Å². The largest absolute Gasteiger partial charge is 0.335 e. The van der Waals surface area contributed by atoms with E-state index in [1.54, 1.807) is 29.6 Å². The Labute approximate surface area is 171 Å². The Morgan fingerprint density at radius 3 is 2.61 bits per heavy atom. The Hall–Kier alpha value is -2.88. The maximum atomic E-state index is 12.2. The van der Waals surface area contributed by atoms with Gasteiger partial charge in [-0.2, -0.15) is 11.3 Å². The average Bonchev–Trinajstić information content (AvgIpc) is 3.46. The van der Waals surface area contributed by atoms with Crippen LogP contribution in [0.25, 0.3) is 32.0 Å². The summed E-state index contributed by atoms with van der Waals surface area (Å²) in [5.74, 6) is 0.271. The fourth-order valence-electron chi connectivity index (χ4n) is 2.98. The zero-order chi connectivity index (χ0) is 19.3. The molecule has 1 aliphatic rings. The van der Waals surface area contributed by atoms with E-state index in [1.807, 2.05) is 34.3 Å². The van der Waals surface area contributed by atoms with Gasteiger partial charge in [0.2, 0.25) is 0 Å². The zero-order valence-corrected chi connectivity index (χ0v) is 16.9. The van der Waals surface area contributed by atoms with Gasteiger partial charge in [-0.05, 0) is 29.8 Å². The number of thiophene rings is 3. The molecule has 6 nitrogen and oxygen atoms in total. The van der Waals surface area contributed by atoms with Crippen LogP contribution in [0.4, 0.5) is 5.82 Å². The minimum absolute atomic E-state index is 0.226. The molecule has 5 rings (SSSR count). The summed E-state index contributed by atoms with van der Waals surface area (Å²) in [6.07, 6.45) is 0. The molecule has 1 aliphatic heterocycles. The highest BCUT2D eigenvalue weighted by Gasteiger charge is 2.28. The first-order valence-electron chi connectivity index (χ1n) is 8.31. The molecule has 4 aromatic rings. The van der Waals surface area contributed by atoms with Crippen molar-refractivity contribution in [2.24, 2.45) is 0 Å². The summed E-state index contributed by atoms with van der Waals surface area (Å²) in [4.78, 5) is 35.4. The van der Waals surface area contributed by atoms with Crippen LogP contribution in [-0.2, 0) is 9.59 Å². The van der Waals surface area contributed by atoms with Crippen LogP contribution in [0, 0.1) is 0 Å². The molecule has 28 heavy (non-hydrogen) atoms. The van der Waals surface area contributed by atoms with Crippen molar-refractivity contribution in [1.29, 1.82) is 0 Å². The van der Waals surface area contributed by atoms with E-state index in [9.17, 15) is 9.59 Å². The third kappa shape index (κ3) is 2.75. The molecule has 0 aliphatic carbocycles. The molecule has 0 radical (unpaired) electrons. The lowest BCUT2D eigenvalue weighted by Gasteiger charge is -2.10. The average molecular weight is 425 g/mol. The third-order valence-corrected chi connectivity index (χ3v) is 6.87. The van der Waals surface area contributed by atoms with Crippen LogP contribution in [-0.4, -0.2) is 21.8 Å². The van der Waals surface area contributed by atoms with E-state index in [-0.39, 0.29) is 11.6 Å². The smallest absolute Gasteiger partial charge is 0.275 e. The molecule has 9 heteroatoms. The number of imide groups is 1. The number of aromatic nitrogens is 2. The molecule has 0 saturated heterocycles. The van der Waals surface area contributed by atoms with Crippen molar-refractivity contribution in [3.8, 4) is 21.8 Å². The SMILES string of the molecule is CC1=C(Nc2nc(-c3ccsc3)nc3scc(-c4cccs4)c23)C(=O)NC1=O. The van der Waals surface area contributed by atoms with Gasteiger partial charge in [0.1, 0.15) is 16.3 Å². The summed E-state index contributed by atoms with van der Waals surface area (Å²) >= 11 is 4.73. The summed E-state index contributed by atoms with van der Waals surface area (Å²) in [5, 5.41) is 14.3. The van der Waals surface area contributed by atoms with Crippen LogP contribution in [0.1, 0.15) is 6.92 Å². The van der Waals surface area contributed by atoms with E-state index in [4.69, 9.17) is 9.97 Å². The van der Waals surface area contributed by atoms with E-state index in [0.717, 1.165) is 26.2 Å². The summed E-state index contributed by atoms with van der Waals surface area (Å²) in [7, 11) is 0. The van der Waals surface area contributed by atoms with Crippen molar-refractivity contribution in [3.63, 3.8) is 0 Å². The fraction of sp³-hybridized carbons (Fsp3) is 0.0526. The minimum Gasteiger partial charge on any atom is -0.335 e. The fourth-order valence-corrected chi connectivity index (χ4v) is 5.37. The molecule has 5 heterocycles. The van der Waals surface area contributed by atoms with Crippen LogP contribution >= 0.6 is 34.0 Å². The molecule has 138 valence electrons. The van der Waals surface area contributed by atoms with Gasteiger partial charge in [-0.1, -0.05) is 6.07 Å². The number of rotatable bonds is 4. The van der Waals surface area contributed by atoms with Crippen LogP contribution in [0.15, 0.2) is 51.0 Å². The van der Waals surface area contributed by atoms with Gasteiger partial charge in [0.25, 0.3) is 11.8 Å². The first-order valence-corrected chi connectivity index (χ1v) is 11.0. The van der Waals surface area contributed by atoms with Crippen molar-refractivity contribution in [2.45, 2.75) is 6.92 Å². The molecule has 0 atom stereocenters. The normalized spacial score (nSPS) is 14.2. The van der Waals surface area contributed by atoms with Crippen molar-refractivity contribution < 1.29 is 9.59 Å². The topological polar surface area (TPSA) is 84.0 Å². The van der Waals surface area contributed by atoms with Gasteiger partial charge < -0.3 is 5.32 Å². The molecule has 0 fully saturated rings. The van der Waals surface area contributed by atoms with Crippen LogP contribution in [0.5, 0.6) is 0 Å². The maximum absolute atomic E-state index is 12.2. The number of nitrogens with zero attached hydrogens (tertiary/aromatic N) is 2. The third-order valence-electron chi connectivity index (χ3n) is 4.41. The molecule has 0 bridgehead atoms. The number of carbonyl (C=O) groups is 2. The lowest BCUT2D eigenvalue weighted by atomic mass is 10.2. The molecule has 0 saturated carbocycles. The van der Waals surface area contributed by atoms with Crippen molar-refractivity contribution in [1.82, 2.24) is 15.3 Å². The van der Waals surface area contributed by atoms with Crippen molar-refractivity contribution in [3.05, 3.63) is 51.0 Å². The monoisotopic (exact) mass is 424 g/mol. The molecule has 0 aromatic carbocycles. The Kier molecular flexibility index (Phi) is 4.08. The van der Waals surface area contributed by atoms with Gasteiger partial charge in [-0.15, -0.1) is 22.7 Å². The minimum atomic E-state index is -0.445. The second kappa shape index (κ2) is 6.62. The second-order valence-electron chi connectivity index (χ2n) is 6.12. The molecular weight excluding hydrogens is 412 g/mol. The number of anilines is 1. The second-order valence-corrected chi connectivity index (χ2v) is 8.71. The molecule has 2 amide bonds. The predicted octanol–water partition coefficient (Wildman–Crippen LogP) is 4.49. The maximum Gasteiger partial charge on any atom is 0.275 e. The number of amides is 2. The molecule has 0 unspecified atom stereocenters. The first-order chi connectivity index (χ1) is 13.6. The van der Waals surface area contributed by atoms with Gasteiger partial charge in [0.05, 0.1) is 5.39 Å². The van der Waals surface area contributed by atoms with Gasteiger partial charge in [-0.3, -0.25) is 14.9 Å². The van der Waals surface area contributed by atoms with E-state index < -0.39 is 5.91 Å². The summed E-state index contributed by atoms with van der Waals surface area (Å²) in [6.45, 7) is 1.62. The Bertz CT molecular complexity index is 1250. The van der Waals surface area contributed by atoms with Gasteiger partial charge >= 0.3 is 0 Å². The Morgan fingerprint density at radius 1 is 1.04 bits per heavy atom. The van der Waals surface area contributed by atoms with E-state index >= 15 is 0 Å². The van der Waals surface area contributed by atoms with Gasteiger partial charge in [0.15, 0.2) is 5.82 Å². The van der Waals surface area contributed by atoms with E-state index in [1.165, 1.54) is 11.3 Å². The highest BCUT2D eigenvalue weighted by Crippen LogP contribution is 2.40. The highest BCUT2D eigenvalue weighted by molar-refractivity contribution is 7.18. The quantitative estimate of drug-likeness (QED) is 0.472. The van der Waals surface area contributed by atoms with Crippen molar-refractivity contribution >= 4 is 61.9 Å². The lowest BCUT2D eigenvalue weighted by molar-refractivity contribution is -0.124. The Morgan fingerprint density at radius 2 is 1.93 bits per heavy atom. The first kappa shape index (κ1) is 17.2. The van der Waals surface area contributed by atoms with Crippen LogP contribution in [0.3, 0.4) is 0 Å². The molecule has 4 aromatic heterocycles. The molecular formula is C19H12N4O2S3. The van der Waals surface area contributed by atoms with Crippen LogP contribution < -0.4 is 10.6 Å². The van der Waals surface area contributed by atoms with Crippen molar-refractivity contribution in [2.75, 3.05) is 5.32 Å². The van der Waals surface area contributed by atoms with Gasteiger partial charge in [-0.25, -0.2) is 9.97 Å². The predicted molar refractivity (Wildman–Crippen MR) is 114 cm³/mol. The zero-order valence-electron chi connectivity index (χ0n) is 14.5. The number of carbonyl (C=O) groups excluding carboxylic acids is 2. The Balaban J connectivity index is 1.73. The van der Waals surface area contributed by atoms with E-state index in [2.05, 4.69) is 16.0 Å². The number of hydrogen-bond donors (Lipinski definition) is 2.